The van der Waals surface area contributed by atoms with Gasteiger partial charge in [0.2, 0.25) is 11.8 Å². The molecule has 0 saturated carbocycles. The molecule has 2 aromatic rings. The second kappa shape index (κ2) is 8.51. The third kappa shape index (κ3) is 3.64. The fourth-order valence-electron chi connectivity index (χ4n) is 5.16. The SMILES string of the molecule is CCN(CC)c1ccc(C2NC(C)(C(=O)O)C3C(=O)N(Cc4ccccc4)C(=O)C23)c(O)c1. The second-order valence-corrected chi connectivity index (χ2v) is 8.80. The van der Waals surface area contributed by atoms with Crippen LogP contribution in [0.15, 0.2) is 48.5 Å². The number of hydrogen-bond acceptors (Lipinski definition) is 6. The third-order valence-electron chi connectivity index (χ3n) is 6.98. The van der Waals surface area contributed by atoms with E-state index in [0.717, 1.165) is 29.2 Å². The summed E-state index contributed by atoms with van der Waals surface area (Å²) in [5.41, 5.74) is 0.384. The molecular weight excluding hydrogens is 422 g/mol. The molecule has 2 saturated heterocycles. The van der Waals surface area contributed by atoms with E-state index < -0.39 is 41.2 Å². The number of imide groups is 1. The van der Waals surface area contributed by atoms with Crippen LogP contribution in [0.1, 0.15) is 37.9 Å². The number of fused-ring (bicyclic) bond motifs is 1. The Kier molecular flexibility index (Phi) is 5.88. The summed E-state index contributed by atoms with van der Waals surface area (Å²) in [5.74, 6) is -4.17. The normalized spacial score (nSPS) is 26.5. The Balaban J connectivity index is 1.73. The van der Waals surface area contributed by atoms with Crippen LogP contribution < -0.4 is 10.2 Å². The number of nitrogens with one attached hydrogen (secondary N) is 1. The lowest BCUT2D eigenvalue weighted by Gasteiger charge is -2.28. The van der Waals surface area contributed by atoms with Crippen LogP contribution >= 0.6 is 0 Å². The summed E-state index contributed by atoms with van der Waals surface area (Å²) in [6, 6.07) is 13.5. The lowest BCUT2D eigenvalue weighted by molar-refractivity contribution is -0.150. The minimum absolute atomic E-state index is 0.0351. The van der Waals surface area contributed by atoms with Crippen molar-refractivity contribution in [3.63, 3.8) is 0 Å². The van der Waals surface area contributed by atoms with Gasteiger partial charge >= 0.3 is 5.97 Å². The van der Waals surface area contributed by atoms with Crippen LogP contribution in [0, 0.1) is 11.8 Å². The summed E-state index contributed by atoms with van der Waals surface area (Å²) in [7, 11) is 0. The standard InChI is InChI=1S/C25H29N3O5/c1-4-27(5-2)16-11-12-17(18(29)13-16)21-19-20(25(3,26-21)24(32)33)23(31)28(22(19)30)14-15-9-7-6-8-10-15/h6-13,19-21,26,29H,4-5,14H2,1-3H3,(H,32,33). The van der Waals surface area contributed by atoms with Gasteiger partial charge in [0.05, 0.1) is 18.4 Å². The van der Waals surface area contributed by atoms with E-state index in [4.69, 9.17) is 0 Å². The Labute approximate surface area is 192 Å². The number of rotatable bonds is 7. The Bertz CT molecular complexity index is 1080. The van der Waals surface area contributed by atoms with Crippen molar-refractivity contribution in [2.24, 2.45) is 11.8 Å². The molecule has 4 rings (SSSR count). The number of anilines is 1. The van der Waals surface area contributed by atoms with E-state index in [9.17, 15) is 24.6 Å². The molecular formula is C25H29N3O5. The number of nitrogens with zero attached hydrogens (tertiary/aromatic N) is 2. The molecule has 2 fully saturated rings. The molecule has 0 radical (unpaired) electrons. The number of phenols is 1. The largest absolute Gasteiger partial charge is 0.508 e. The topological polar surface area (TPSA) is 110 Å². The molecule has 8 heteroatoms. The predicted molar refractivity (Wildman–Crippen MR) is 123 cm³/mol. The number of amides is 2. The summed E-state index contributed by atoms with van der Waals surface area (Å²) in [6.45, 7) is 7.08. The molecule has 2 heterocycles. The number of aliphatic carboxylic acids is 1. The van der Waals surface area contributed by atoms with Crippen LogP contribution in [0.3, 0.4) is 0 Å². The number of likely N-dealkylation sites (tertiary alicyclic amines) is 1. The number of carbonyl (C=O) groups excluding carboxylic acids is 2. The number of carboxylic acids is 1. The molecule has 2 aliphatic rings. The van der Waals surface area contributed by atoms with Crippen molar-refractivity contribution in [2.45, 2.75) is 38.9 Å². The van der Waals surface area contributed by atoms with E-state index in [0.29, 0.717) is 5.56 Å². The molecule has 3 N–H and O–H groups in total. The first-order valence-electron chi connectivity index (χ1n) is 11.2. The lowest BCUT2D eigenvalue weighted by atomic mass is 9.80. The van der Waals surface area contributed by atoms with E-state index in [1.165, 1.54) is 6.92 Å². The number of aromatic hydroxyl groups is 1. The lowest BCUT2D eigenvalue weighted by Crippen LogP contribution is -2.53. The Morgan fingerprint density at radius 2 is 1.76 bits per heavy atom. The van der Waals surface area contributed by atoms with Crippen molar-refractivity contribution in [3.05, 3.63) is 59.7 Å². The molecule has 4 atom stereocenters. The highest BCUT2D eigenvalue weighted by molar-refractivity contribution is 6.09. The van der Waals surface area contributed by atoms with Crippen LogP contribution in [-0.4, -0.2) is 51.5 Å². The van der Waals surface area contributed by atoms with Crippen LogP contribution in [0.4, 0.5) is 5.69 Å². The monoisotopic (exact) mass is 451 g/mol. The first kappa shape index (κ1) is 22.8. The molecule has 33 heavy (non-hydrogen) atoms. The van der Waals surface area contributed by atoms with Gasteiger partial charge in [-0.15, -0.1) is 0 Å². The average molecular weight is 452 g/mol. The van der Waals surface area contributed by atoms with Gasteiger partial charge in [-0.3, -0.25) is 24.6 Å². The molecule has 4 unspecified atom stereocenters. The van der Waals surface area contributed by atoms with Crippen LogP contribution in [0.5, 0.6) is 5.75 Å². The number of carboxylic acid groups (broad SMARTS) is 1. The van der Waals surface area contributed by atoms with E-state index in [1.54, 1.807) is 12.1 Å². The van der Waals surface area contributed by atoms with E-state index in [1.807, 2.05) is 50.2 Å². The average Bonchev–Trinajstić information content (AvgIpc) is 3.24. The second-order valence-electron chi connectivity index (χ2n) is 8.80. The van der Waals surface area contributed by atoms with Gasteiger partial charge in [0, 0.05) is 36.4 Å². The minimum Gasteiger partial charge on any atom is -0.508 e. The van der Waals surface area contributed by atoms with E-state index in [2.05, 4.69) is 10.2 Å². The maximum Gasteiger partial charge on any atom is 0.324 e. The predicted octanol–water partition coefficient (Wildman–Crippen LogP) is 2.53. The molecule has 0 aliphatic carbocycles. The van der Waals surface area contributed by atoms with Crippen molar-refractivity contribution >= 4 is 23.5 Å². The molecule has 0 spiro atoms. The summed E-state index contributed by atoms with van der Waals surface area (Å²) < 4.78 is 0. The maximum absolute atomic E-state index is 13.5. The van der Waals surface area contributed by atoms with Crippen LogP contribution in [-0.2, 0) is 20.9 Å². The molecule has 2 amide bonds. The van der Waals surface area contributed by atoms with Crippen LogP contribution in [0.25, 0.3) is 0 Å². The minimum atomic E-state index is -1.64. The number of benzene rings is 2. The van der Waals surface area contributed by atoms with E-state index >= 15 is 0 Å². The summed E-state index contributed by atoms with van der Waals surface area (Å²) in [6.07, 6.45) is 0. The fraction of sp³-hybridized carbons (Fsp3) is 0.400. The summed E-state index contributed by atoms with van der Waals surface area (Å²) in [4.78, 5) is 42.3. The van der Waals surface area contributed by atoms with Gasteiger partial charge in [-0.2, -0.15) is 0 Å². The summed E-state index contributed by atoms with van der Waals surface area (Å²) >= 11 is 0. The van der Waals surface area contributed by atoms with Gasteiger partial charge in [-0.05, 0) is 32.4 Å². The Hall–Kier alpha value is -3.39. The highest BCUT2D eigenvalue weighted by Gasteiger charge is 2.66. The molecule has 2 aliphatic heterocycles. The first-order valence-corrected chi connectivity index (χ1v) is 11.2. The number of hydrogen-bond donors (Lipinski definition) is 3. The van der Waals surface area contributed by atoms with Gasteiger partial charge in [0.1, 0.15) is 11.3 Å². The van der Waals surface area contributed by atoms with Gasteiger partial charge in [-0.1, -0.05) is 36.4 Å². The molecule has 174 valence electrons. The smallest absolute Gasteiger partial charge is 0.324 e. The Morgan fingerprint density at radius 3 is 2.33 bits per heavy atom. The van der Waals surface area contributed by atoms with Crippen molar-refractivity contribution in [2.75, 3.05) is 18.0 Å². The van der Waals surface area contributed by atoms with Gasteiger partial charge < -0.3 is 15.1 Å². The summed E-state index contributed by atoms with van der Waals surface area (Å²) in [5, 5.41) is 23.9. The van der Waals surface area contributed by atoms with Crippen LogP contribution in [0.2, 0.25) is 0 Å². The maximum atomic E-state index is 13.5. The molecule has 0 bridgehead atoms. The zero-order valence-electron chi connectivity index (χ0n) is 19.0. The van der Waals surface area contributed by atoms with Gasteiger partial charge in [0.25, 0.3) is 0 Å². The molecule has 8 nitrogen and oxygen atoms in total. The molecule has 0 aromatic heterocycles. The zero-order chi connectivity index (χ0) is 23.9. The van der Waals surface area contributed by atoms with E-state index in [-0.39, 0.29) is 12.3 Å². The van der Waals surface area contributed by atoms with Gasteiger partial charge in [0.15, 0.2) is 0 Å². The fourth-order valence-corrected chi connectivity index (χ4v) is 5.16. The first-order chi connectivity index (χ1) is 15.7. The van der Waals surface area contributed by atoms with Crippen molar-refractivity contribution in [1.29, 1.82) is 0 Å². The van der Waals surface area contributed by atoms with Crippen molar-refractivity contribution in [1.82, 2.24) is 10.2 Å². The number of phenolic OH excluding ortho intramolecular Hbond substituents is 1. The highest BCUT2D eigenvalue weighted by atomic mass is 16.4. The third-order valence-corrected chi connectivity index (χ3v) is 6.98. The van der Waals surface area contributed by atoms with Crippen molar-refractivity contribution < 1.29 is 24.6 Å². The highest BCUT2D eigenvalue weighted by Crippen LogP contribution is 2.50. The van der Waals surface area contributed by atoms with Gasteiger partial charge in [-0.25, -0.2) is 0 Å². The Morgan fingerprint density at radius 1 is 1.09 bits per heavy atom. The quantitative estimate of drug-likeness (QED) is 0.555. The molecule has 2 aromatic carbocycles. The zero-order valence-corrected chi connectivity index (χ0v) is 19.0. The number of carbonyl (C=O) groups is 3. The van der Waals surface area contributed by atoms with Crippen molar-refractivity contribution in [3.8, 4) is 5.75 Å².